The highest BCUT2D eigenvalue weighted by Crippen LogP contribution is 2.26. The smallest absolute Gasteiger partial charge is 0.263 e. The first kappa shape index (κ1) is 16.0. The summed E-state index contributed by atoms with van der Waals surface area (Å²) in [5.74, 6) is 0.0493. The number of aryl methyl sites for hydroxylation is 3. The van der Waals surface area contributed by atoms with E-state index in [0.29, 0.717) is 16.8 Å². The van der Waals surface area contributed by atoms with Gasteiger partial charge in [-0.1, -0.05) is 0 Å². The molecule has 0 atom stereocenters. The fourth-order valence-corrected chi connectivity index (χ4v) is 3.76. The molecule has 0 bridgehead atoms. The van der Waals surface area contributed by atoms with E-state index in [1.54, 1.807) is 45.3 Å². The van der Waals surface area contributed by atoms with Crippen molar-refractivity contribution in [2.75, 3.05) is 10.0 Å². The molecule has 2 rings (SSSR count). The first-order valence-electron chi connectivity index (χ1n) is 6.60. The Morgan fingerprint density at radius 1 is 1.23 bits per heavy atom. The van der Waals surface area contributed by atoms with Gasteiger partial charge in [-0.25, -0.2) is 8.42 Å². The maximum Gasteiger partial charge on any atom is 0.263 e. The van der Waals surface area contributed by atoms with Crippen LogP contribution in [0.3, 0.4) is 0 Å². The Morgan fingerprint density at radius 3 is 2.27 bits per heavy atom. The van der Waals surface area contributed by atoms with Crippen molar-refractivity contribution in [1.82, 2.24) is 9.78 Å². The van der Waals surface area contributed by atoms with Crippen LogP contribution < -0.4 is 10.0 Å². The maximum absolute atomic E-state index is 12.5. The van der Waals surface area contributed by atoms with E-state index in [9.17, 15) is 13.2 Å². The van der Waals surface area contributed by atoms with Crippen LogP contribution in [0.1, 0.15) is 18.1 Å². The van der Waals surface area contributed by atoms with Gasteiger partial charge >= 0.3 is 0 Å². The van der Waals surface area contributed by atoms with E-state index in [1.165, 1.54) is 11.6 Å². The number of sulfonamides is 1. The number of hydrogen-bond donors (Lipinski definition) is 2. The second kappa shape index (κ2) is 5.80. The third-order valence-corrected chi connectivity index (χ3v) is 4.66. The van der Waals surface area contributed by atoms with Crippen molar-refractivity contribution >= 4 is 27.4 Å². The minimum absolute atomic E-state index is 0.187. The van der Waals surface area contributed by atoms with Crippen LogP contribution in [0, 0.1) is 13.8 Å². The molecule has 118 valence electrons. The molecule has 0 spiro atoms. The zero-order chi connectivity index (χ0) is 16.5. The monoisotopic (exact) mass is 322 g/mol. The molecule has 2 aromatic rings. The Labute approximate surface area is 129 Å². The van der Waals surface area contributed by atoms with Gasteiger partial charge in [0.05, 0.1) is 4.90 Å². The van der Waals surface area contributed by atoms with Crippen LogP contribution in [0.4, 0.5) is 11.5 Å². The lowest BCUT2D eigenvalue weighted by Crippen LogP contribution is -2.17. The molecule has 0 radical (unpaired) electrons. The van der Waals surface area contributed by atoms with Crippen molar-refractivity contribution in [2.45, 2.75) is 25.7 Å². The topological polar surface area (TPSA) is 93.1 Å². The highest BCUT2D eigenvalue weighted by Gasteiger charge is 2.21. The molecule has 0 saturated carbocycles. The second-order valence-corrected chi connectivity index (χ2v) is 6.72. The number of carbonyl (C=O) groups is 1. The van der Waals surface area contributed by atoms with Gasteiger partial charge in [-0.05, 0) is 37.1 Å². The normalized spacial score (nSPS) is 11.3. The molecule has 0 unspecified atom stereocenters. The number of nitrogens with zero attached hydrogens (tertiary/aromatic N) is 2. The number of carbonyl (C=O) groups excluding carboxylic acids is 1. The molecule has 1 heterocycles. The lowest BCUT2D eigenvalue weighted by molar-refractivity contribution is -0.114. The zero-order valence-corrected chi connectivity index (χ0v) is 13.7. The fourth-order valence-electron chi connectivity index (χ4n) is 2.31. The van der Waals surface area contributed by atoms with Crippen LogP contribution in [0.2, 0.25) is 0 Å². The van der Waals surface area contributed by atoms with Crippen molar-refractivity contribution in [3.63, 3.8) is 0 Å². The quantitative estimate of drug-likeness (QED) is 0.897. The van der Waals surface area contributed by atoms with E-state index in [0.717, 1.165) is 0 Å². The number of hydrogen-bond acceptors (Lipinski definition) is 4. The molecule has 2 N–H and O–H groups in total. The zero-order valence-electron chi connectivity index (χ0n) is 12.8. The number of rotatable bonds is 4. The van der Waals surface area contributed by atoms with Gasteiger partial charge in [-0.3, -0.25) is 14.2 Å². The average Bonchev–Trinajstić information content (AvgIpc) is 2.71. The van der Waals surface area contributed by atoms with Crippen LogP contribution in [0.15, 0.2) is 29.3 Å². The van der Waals surface area contributed by atoms with E-state index in [4.69, 9.17) is 0 Å². The van der Waals surface area contributed by atoms with Gasteiger partial charge < -0.3 is 5.32 Å². The minimum Gasteiger partial charge on any atom is -0.326 e. The van der Waals surface area contributed by atoms with Gasteiger partial charge in [-0.2, -0.15) is 5.10 Å². The molecule has 0 aliphatic carbocycles. The highest BCUT2D eigenvalue weighted by molar-refractivity contribution is 7.92. The summed E-state index contributed by atoms with van der Waals surface area (Å²) in [4.78, 5) is 11.3. The van der Waals surface area contributed by atoms with Crippen LogP contribution in [-0.2, 0) is 21.9 Å². The maximum atomic E-state index is 12.5. The van der Waals surface area contributed by atoms with E-state index in [1.807, 2.05) is 0 Å². The van der Waals surface area contributed by atoms with Crippen LogP contribution in [0.25, 0.3) is 0 Å². The van der Waals surface area contributed by atoms with Crippen LogP contribution in [0.5, 0.6) is 0 Å². The van der Waals surface area contributed by atoms with Crippen LogP contribution in [-0.4, -0.2) is 24.1 Å². The predicted octanol–water partition coefficient (Wildman–Crippen LogP) is 1.80. The third kappa shape index (κ3) is 3.45. The SMILES string of the molecule is CC(=O)Nc1cc(C)c(S(=O)(=O)Nc2ccn(C)n2)c(C)c1. The van der Waals surface area contributed by atoms with Gasteiger partial charge in [0.25, 0.3) is 10.0 Å². The molecule has 1 amide bonds. The number of aromatic nitrogens is 2. The molecule has 0 aliphatic heterocycles. The van der Waals surface area contributed by atoms with E-state index in [-0.39, 0.29) is 16.6 Å². The fraction of sp³-hybridized carbons (Fsp3) is 0.286. The summed E-state index contributed by atoms with van der Waals surface area (Å²) >= 11 is 0. The van der Waals surface area contributed by atoms with Crippen LogP contribution >= 0.6 is 0 Å². The predicted molar refractivity (Wildman–Crippen MR) is 84.2 cm³/mol. The van der Waals surface area contributed by atoms with Crippen molar-refractivity contribution < 1.29 is 13.2 Å². The number of nitrogens with one attached hydrogen (secondary N) is 2. The molecule has 1 aromatic heterocycles. The molecule has 0 saturated heterocycles. The molecule has 0 aliphatic rings. The molecular weight excluding hydrogens is 304 g/mol. The van der Waals surface area contributed by atoms with Gasteiger partial charge in [-0.15, -0.1) is 0 Å². The Kier molecular flexibility index (Phi) is 4.23. The molecule has 8 heteroatoms. The van der Waals surface area contributed by atoms with Crippen molar-refractivity contribution in [3.05, 3.63) is 35.5 Å². The minimum atomic E-state index is -3.75. The van der Waals surface area contributed by atoms with Gasteiger partial charge in [0.1, 0.15) is 0 Å². The first-order chi connectivity index (χ1) is 10.2. The van der Waals surface area contributed by atoms with Crippen molar-refractivity contribution in [1.29, 1.82) is 0 Å². The summed E-state index contributed by atoms with van der Waals surface area (Å²) in [5, 5.41) is 6.66. The Hall–Kier alpha value is -2.35. The summed E-state index contributed by atoms with van der Waals surface area (Å²) in [6, 6.07) is 4.83. The summed E-state index contributed by atoms with van der Waals surface area (Å²) in [6.07, 6.45) is 1.65. The third-order valence-electron chi connectivity index (χ3n) is 3.00. The van der Waals surface area contributed by atoms with E-state index >= 15 is 0 Å². The number of benzene rings is 1. The standard InChI is InChI=1S/C14H18N4O3S/c1-9-7-12(15-11(3)19)8-10(2)14(9)22(20,21)17-13-5-6-18(4)16-13/h5-8H,1-4H3,(H,15,19)(H,16,17). The van der Waals surface area contributed by atoms with E-state index < -0.39 is 10.0 Å². The molecule has 0 fully saturated rings. The molecule has 7 nitrogen and oxygen atoms in total. The molecule has 22 heavy (non-hydrogen) atoms. The first-order valence-corrected chi connectivity index (χ1v) is 8.08. The lowest BCUT2D eigenvalue weighted by atomic mass is 10.1. The summed E-state index contributed by atoms with van der Waals surface area (Å²) < 4.78 is 29.0. The number of anilines is 2. The second-order valence-electron chi connectivity index (χ2n) is 5.10. The summed E-state index contributed by atoms with van der Waals surface area (Å²) in [7, 11) is -2.04. The number of amides is 1. The molecular formula is C14H18N4O3S. The van der Waals surface area contributed by atoms with E-state index in [2.05, 4.69) is 15.1 Å². The Morgan fingerprint density at radius 2 is 1.82 bits per heavy atom. The van der Waals surface area contributed by atoms with Gasteiger partial charge in [0.2, 0.25) is 5.91 Å². The lowest BCUT2D eigenvalue weighted by Gasteiger charge is -2.14. The summed E-state index contributed by atoms with van der Waals surface area (Å²) in [6.45, 7) is 4.77. The van der Waals surface area contributed by atoms with Crippen molar-refractivity contribution in [3.8, 4) is 0 Å². The molecule has 1 aromatic carbocycles. The average molecular weight is 322 g/mol. The Balaban J connectivity index is 2.40. The highest BCUT2D eigenvalue weighted by atomic mass is 32.2. The Bertz CT molecular complexity index is 801. The van der Waals surface area contributed by atoms with Gasteiger partial charge in [0.15, 0.2) is 5.82 Å². The van der Waals surface area contributed by atoms with Crippen molar-refractivity contribution in [2.24, 2.45) is 7.05 Å². The summed E-state index contributed by atoms with van der Waals surface area (Å²) in [5.41, 5.74) is 1.67. The largest absolute Gasteiger partial charge is 0.326 e. The van der Waals surface area contributed by atoms with Gasteiger partial charge in [0, 0.05) is 31.9 Å².